The highest BCUT2D eigenvalue weighted by atomic mass is 16.5. The van der Waals surface area contributed by atoms with Gasteiger partial charge in [0.1, 0.15) is 6.33 Å². The summed E-state index contributed by atoms with van der Waals surface area (Å²) in [6.45, 7) is 9.18. The Labute approximate surface area is 131 Å². The van der Waals surface area contributed by atoms with E-state index in [-0.39, 0.29) is 29.4 Å². The van der Waals surface area contributed by atoms with Gasteiger partial charge in [0.25, 0.3) is 5.91 Å². The van der Waals surface area contributed by atoms with Gasteiger partial charge in [0, 0.05) is 19.6 Å². The molecule has 2 unspecified atom stereocenters. The molecule has 122 valence electrons. The van der Waals surface area contributed by atoms with Crippen LogP contribution in [0.3, 0.4) is 0 Å². The predicted octanol–water partition coefficient (Wildman–Crippen LogP) is 0.578. The van der Waals surface area contributed by atoms with E-state index in [2.05, 4.69) is 22.0 Å². The molecular formula is C15H25N5O2. The van der Waals surface area contributed by atoms with Crippen LogP contribution in [-0.4, -0.2) is 75.9 Å². The van der Waals surface area contributed by atoms with E-state index in [1.165, 1.54) is 0 Å². The van der Waals surface area contributed by atoms with Crippen molar-refractivity contribution in [1.29, 1.82) is 0 Å². The second-order valence-electron chi connectivity index (χ2n) is 7.21. The zero-order valence-electron chi connectivity index (χ0n) is 13.8. The topological polar surface area (TPSA) is 63.5 Å². The molecule has 2 aliphatic heterocycles. The Bertz CT molecular complexity index is 550. The van der Waals surface area contributed by atoms with E-state index in [1.54, 1.807) is 11.0 Å². The van der Waals surface area contributed by atoms with Crippen molar-refractivity contribution in [2.75, 3.05) is 33.3 Å². The van der Waals surface area contributed by atoms with Gasteiger partial charge in [-0.1, -0.05) is 0 Å². The zero-order chi connectivity index (χ0) is 15.9. The largest absolute Gasteiger partial charge is 0.374 e. The molecule has 0 saturated carbocycles. The first kappa shape index (κ1) is 15.4. The third kappa shape index (κ3) is 2.87. The molecule has 7 nitrogen and oxygen atoms in total. The molecule has 0 spiro atoms. The monoisotopic (exact) mass is 307 g/mol. The highest BCUT2D eigenvalue weighted by Crippen LogP contribution is 2.23. The quantitative estimate of drug-likeness (QED) is 0.759. The van der Waals surface area contributed by atoms with E-state index in [9.17, 15) is 4.79 Å². The second-order valence-corrected chi connectivity index (χ2v) is 7.21. The normalized spacial score (nSPS) is 26.8. The molecule has 2 aliphatic rings. The summed E-state index contributed by atoms with van der Waals surface area (Å²) in [5.41, 5.74) is -0.176. The van der Waals surface area contributed by atoms with E-state index in [1.807, 2.05) is 25.7 Å². The van der Waals surface area contributed by atoms with Crippen molar-refractivity contribution >= 4 is 5.91 Å². The van der Waals surface area contributed by atoms with Crippen LogP contribution in [0.2, 0.25) is 0 Å². The van der Waals surface area contributed by atoms with Crippen molar-refractivity contribution in [3.63, 3.8) is 0 Å². The third-order valence-electron chi connectivity index (χ3n) is 4.42. The summed E-state index contributed by atoms with van der Waals surface area (Å²) in [4.78, 5) is 21.2. The van der Waals surface area contributed by atoms with Crippen LogP contribution in [0.4, 0.5) is 0 Å². The fourth-order valence-electron chi connectivity index (χ4n) is 3.09. The maximum absolute atomic E-state index is 12.8. The molecule has 3 rings (SSSR count). The number of amides is 1. The van der Waals surface area contributed by atoms with Crippen molar-refractivity contribution < 1.29 is 9.53 Å². The van der Waals surface area contributed by atoms with Crippen molar-refractivity contribution in [2.24, 2.45) is 0 Å². The number of carbonyl (C=O) groups is 1. The van der Waals surface area contributed by atoms with Gasteiger partial charge in [-0.2, -0.15) is 0 Å². The van der Waals surface area contributed by atoms with E-state index in [0.717, 1.165) is 19.5 Å². The number of piperidine rings is 1. The van der Waals surface area contributed by atoms with E-state index >= 15 is 0 Å². The van der Waals surface area contributed by atoms with Gasteiger partial charge in [0.2, 0.25) is 5.82 Å². The second kappa shape index (κ2) is 5.62. The number of hydrogen-bond donors (Lipinski definition) is 0. The first-order valence-corrected chi connectivity index (χ1v) is 7.89. The molecule has 0 bridgehead atoms. The number of rotatable bonds is 1. The smallest absolute Gasteiger partial charge is 0.293 e. The highest BCUT2D eigenvalue weighted by Gasteiger charge is 2.39. The molecule has 1 aromatic rings. The van der Waals surface area contributed by atoms with Crippen LogP contribution in [0.5, 0.6) is 0 Å². The lowest BCUT2D eigenvalue weighted by Crippen LogP contribution is -2.60. The third-order valence-corrected chi connectivity index (χ3v) is 4.42. The van der Waals surface area contributed by atoms with Gasteiger partial charge in [-0.3, -0.25) is 4.79 Å². The first-order chi connectivity index (χ1) is 10.4. The van der Waals surface area contributed by atoms with Crippen LogP contribution in [0, 0.1) is 0 Å². The molecule has 0 aromatic carbocycles. The number of likely N-dealkylation sites (N-methyl/N-ethyl adjacent to an activating group) is 1. The standard InChI is InChI=1S/C15H25N5O2/c1-15(2,3)20-10-16-13(17-20)14(21)19-7-8-22-12-5-6-18(4)9-11(12)19/h10-12H,5-9H2,1-4H3. The Balaban J connectivity index is 1.80. The number of morpholine rings is 1. The molecule has 1 aromatic heterocycles. The van der Waals surface area contributed by atoms with Crippen LogP contribution < -0.4 is 0 Å². The summed E-state index contributed by atoms with van der Waals surface area (Å²) in [5, 5.41) is 4.37. The van der Waals surface area contributed by atoms with Gasteiger partial charge in [-0.15, -0.1) is 5.10 Å². The lowest BCUT2D eigenvalue weighted by Gasteiger charge is -2.45. The summed E-state index contributed by atoms with van der Waals surface area (Å²) in [6.07, 6.45) is 2.74. The molecule has 0 radical (unpaired) electrons. The lowest BCUT2D eigenvalue weighted by molar-refractivity contribution is -0.0872. The molecule has 2 atom stereocenters. The highest BCUT2D eigenvalue weighted by molar-refractivity contribution is 5.90. The maximum atomic E-state index is 12.8. The van der Waals surface area contributed by atoms with Crippen molar-refractivity contribution in [3.05, 3.63) is 12.2 Å². The average Bonchev–Trinajstić information content (AvgIpc) is 2.95. The van der Waals surface area contributed by atoms with E-state index in [4.69, 9.17) is 4.74 Å². The number of hydrogen-bond acceptors (Lipinski definition) is 5. The number of aromatic nitrogens is 3. The van der Waals surface area contributed by atoms with Crippen molar-refractivity contribution in [1.82, 2.24) is 24.6 Å². The minimum absolute atomic E-state index is 0.0865. The Morgan fingerprint density at radius 2 is 2.14 bits per heavy atom. The molecule has 7 heteroatoms. The molecule has 1 amide bonds. The minimum atomic E-state index is -0.176. The van der Waals surface area contributed by atoms with Gasteiger partial charge >= 0.3 is 0 Å². The molecule has 2 saturated heterocycles. The summed E-state index contributed by atoms with van der Waals surface area (Å²) in [5.74, 6) is 0.195. The fraction of sp³-hybridized carbons (Fsp3) is 0.800. The van der Waals surface area contributed by atoms with Crippen LogP contribution in [0.25, 0.3) is 0 Å². The number of nitrogens with zero attached hydrogens (tertiary/aromatic N) is 5. The first-order valence-electron chi connectivity index (χ1n) is 7.89. The Hall–Kier alpha value is -1.47. The summed E-state index contributed by atoms with van der Waals surface area (Å²) < 4.78 is 7.58. The summed E-state index contributed by atoms with van der Waals surface area (Å²) in [7, 11) is 2.08. The number of likely N-dealkylation sites (tertiary alicyclic amines) is 1. The molecule has 0 N–H and O–H groups in total. The van der Waals surface area contributed by atoms with Crippen LogP contribution in [0.15, 0.2) is 6.33 Å². The van der Waals surface area contributed by atoms with Gasteiger partial charge < -0.3 is 14.5 Å². The van der Waals surface area contributed by atoms with E-state index in [0.29, 0.717) is 13.2 Å². The zero-order valence-corrected chi connectivity index (χ0v) is 13.8. The van der Waals surface area contributed by atoms with Crippen molar-refractivity contribution in [2.45, 2.75) is 44.9 Å². The van der Waals surface area contributed by atoms with Gasteiger partial charge in [0.15, 0.2) is 0 Å². The molecule has 2 fully saturated rings. The molecular weight excluding hydrogens is 282 g/mol. The SMILES string of the molecule is CN1CCC2OCCN(C(=O)c3ncn(C(C)(C)C)n3)C2C1. The Kier molecular flexibility index (Phi) is 3.94. The van der Waals surface area contributed by atoms with Crippen LogP contribution >= 0.6 is 0 Å². The molecule has 3 heterocycles. The Morgan fingerprint density at radius 1 is 1.36 bits per heavy atom. The van der Waals surface area contributed by atoms with E-state index < -0.39 is 0 Å². The average molecular weight is 307 g/mol. The minimum Gasteiger partial charge on any atom is -0.374 e. The fourth-order valence-corrected chi connectivity index (χ4v) is 3.09. The van der Waals surface area contributed by atoms with Gasteiger partial charge in [0.05, 0.1) is 24.3 Å². The van der Waals surface area contributed by atoms with Crippen molar-refractivity contribution in [3.8, 4) is 0 Å². The van der Waals surface area contributed by atoms with Crippen LogP contribution in [0.1, 0.15) is 37.8 Å². The maximum Gasteiger partial charge on any atom is 0.293 e. The summed E-state index contributed by atoms with van der Waals surface area (Å²) in [6, 6.07) is 0.0987. The number of ether oxygens (including phenoxy) is 1. The van der Waals surface area contributed by atoms with Gasteiger partial charge in [-0.05, 0) is 34.2 Å². The van der Waals surface area contributed by atoms with Crippen LogP contribution in [-0.2, 0) is 10.3 Å². The lowest BCUT2D eigenvalue weighted by atomic mass is 9.99. The number of carbonyl (C=O) groups excluding carboxylic acids is 1. The molecule has 0 aliphatic carbocycles. The Morgan fingerprint density at radius 3 is 2.82 bits per heavy atom. The number of fused-ring (bicyclic) bond motifs is 1. The predicted molar refractivity (Wildman–Crippen MR) is 81.7 cm³/mol. The summed E-state index contributed by atoms with van der Waals surface area (Å²) >= 11 is 0. The van der Waals surface area contributed by atoms with Gasteiger partial charge in [-0.25, -0.2) is 9.67 Å². The molecule has 22 heavy (non-hydrogen) atoms.